The van der Waals surface area contributed by atoms with Crippen LogP contribution in [0.15, 0.2) is 0 Å². The maximum atomic E-state index is 11.8. The minimum atomic E-state index is -2.75. The molecule has 5 heteroatoms. The molecule has 0 aromatic carbocycles. The van der Waals surface area contributed by atoms with E-state index in [9.17, 15) is 3.50 Å². The van der Waals surface area contributed by atoms with E-state index in [1.807, 2.05) is 0 Å². The van der Waals surface area contributed by atoms with Crippen molar-refractivity contribution in [3.8, 4) is 0 Å². The molecule has 0 saturated carbocycles. The molecular formula is BrFGeI2. The van der Waals surface area contributed by atoms with E-state index in [2.05, 4.69) is 14.0 Å². The topological polar surface area (TPSA) is 0 Å². The molecule has 0 aromatic rings. The van der Waals surface area contributed by atoms with Crippen LogP contribution in [0.5, 0.6) is 0 Å². The molecule has 0 fully saturated rings. The van der Waals surface area contributed by atoms with E-state index >= 15 is 0 Å². The second-order valence-electron chi connectivity index (χ2n) is 0.429. The van der Waals surface area contributed by atoms with Crippen LogP contribution in [0.2, 0.25) is 0 Å². The predicted octanol–water partition coefficient (Wildman–Crippen LogP) is 2.66. The molecule has 0 unspecified atom stereocenters. The summed E-state index contributed by atoms with van der Waals surface area (Å²) in [5.74, 6) is 0. The van der Waals surface area contributed by atoms with Crippen molar-refractivity contribution in [3.05, 3.63) is 0 Å². The molecule has 0 nitrogen and oxygen atoms in total. The van der Waals surface area contributed by atoms with Crippen LogP contribution in [0.3, 0.4) is 0 Å². The fourth-order valence-corrected chi connectivity index (χ4v) is 0. The van der Waals surface area contributed by atoms with Crippen LogP contribution in [0.4, 0.5) is 3.50 Å². The monoisotopic (exact) mass is 426 g/mol. The van der Waals surface area contributed by atoms with Gasteiger partial charge in [0.05, 0.1) is 0 Å². The molecule has 0 spiro atoms. The summed E-state index contributed by atoms with van der Waals surface area (Å²) < 4.78 is 11.8. The molecule has 0 aliphatic heterocycles. The van der Waals surface area contributed by atoms with Crippen LogP contribution in [0, 0.1) is 0 Å². The molecule has 0 heterocycles. The first-order chi connectivity index (χ1) is 2.00. The summed E-state index contributed by atoms with van der Waals surface area (Å²) in [6.45, 7) is 0. The molecule has 0 N–H and O–H groups in total. The number of halogens is 4. The van der Waals surface area contributed by atoms with Gasteiger partial charge in [0.25, 0.3) is 0 Å². The normalized spacial score (nSPS) is 12.0. The third-order valence-corrected chi connectivity index (χ3v) is 0. The van der Waals surface area contributed by atoms with Gasteiger partial charge in [-0.15, -0.1) is 0 Å². The Morgan fingerprint density at radius 3 is 1.60 bits per heavy atom. The van der Waals surface area contributed by atoms with Gasteiger partial charge >= 0.3 is 63.2 Å². The average molecular weight is 425 g/mol. The van der Waals surface area contributed by atoms with Crippen LogP contribution >= 0.6 is 54.4 Å². The van der Waals surface area contributed by atoms with Gasteiger partial charge in [-0.3, -0.25) is 0 Å². The Kier molecular flexibility index (Phi) is 3.94. The van der Waals surface area contributed by atoms with E-state index in [0.29, 0.717) is 0 Å². The second kappa shape index (κ2) is 2.65. The Bertz CT molecular complexity index is 25.1. The molecule has 32 valence electrons. The summed E-state index contributed by atoms with van der Waals surface area (Å²) >= 11 is 6.47. The van der Waals surface area contributed by atoms with E-state index < -0.39 is 5.27 Å². The molecular weight excluding hydrogens is 425 g/mol. The van der Waals surface area contributed by atoms with Gasteiger partial charge in [0.2, 0.25) is 0 Å². The fourth-order valence-electron chi connectivity index (χ4n) is 0. The molecule has 0 rings (SSSR count). The van der Waals surface area contributed by atoms with Crippen molar-refractivity contribution in [2.24, 2.45) is 0 Å². The van der Waals surface area contributed by atoms with Crippen molar-refractivity contribution in [1.29, 1.82) is 0 Å². The van der Waals surface area contributed by atoms with Gasteiger partial charge in [-0.05, 0) is 0 Å². The summed E-state index contributed by atoms with van der Waals surface area (Å²) in [6, 6.07) is 0. The molecule has 0 amide bonds. The first kappa shape index (κ1) is 7.41. The van der Waals surface area contributed by atoms with E-state index in [1.54, 1.807) is 40.4 Å². The van der Waals surface area contributed by atoms with Crippen molar-refractivity contribution < 1.29 is 3.50 Å². The van der Waals surface area contributed by atoms with Crippen LogP contribution in [-0.4, -0.2) is 5.27 Å². The van der Waals surface area contributed by atoms with Crippen molar-refractivity contribution in [2.75, 3.05) is 0 Å². The molecule has 0 radical (unpaired) electrons. The zero-order valence-electron chi connectivity index (χ0n) is 2.01. The second-order valence-corrected chi connectivity index (χ2v) is 49.5. The van der Waals surface area contributed by atoms with Crippen LogP contribution < -0.4 is 0 Å². The van der Waals surface area contributed by atoms with E-state index in [-0.39, 0.29) is 0 Å². The van der Waals surface area contributed by atoms with Gasteiger partial charge < -0.3 is 0 Å². The Balaban J connectivity index is 3.02. The average Bonchev–Trinajstić information content (AvgIpc) is 0.722. The SMILES string of the molecule is [F][Ge]([Br])([I])[I]. The van der Waals surface area contributed by atoms with Gasteiger partial charge in [0.15, 0.2) is 0 Å². The zero-order chi connectivity index (χ0) is 4.50. The predicted molar refractivity (Wildman–Crippen MR) is 43.8 cm³/mol. The summed E-state index contributed by atoms with van der Waals surface area (Å²) in [4.78, 5) is 0. The molecule has 0 aromatic heterocycles. The number of hydrogen-bond acceptors (Lipinski definition) is 0. The Morgan fingerprint density at radius 1 is 1.60 bits per heavy atom. The van der Waals surface area contributed by atoms with E-state index in [0.717, 1.165) is 0 Å². The number of hydrogen-bond donors (Lipinski definition) is 0. The van der Waals surface area contributed by atoms with Gasteiger partial charge in [0, 0.05) is 0 Å². The van der Waals surface area contributed by atoms with Crippen molar-refractivity contribution in [2.45, 2.75) is 0 Å². The van der Waals surface area contributed by atoms with E-state index in [4.69, 9.17) is 0 Å². The third-order valence-electron chi connectivity index (χ3n) is 0. The molecule has 0 aliphatic rings. The fraction of sp³-hybridized carbons (Fsp3) is 0. The molecule has 0 aliphatic carbocycles. The quantitative estimate of drug-likeness (QED) is 0.414. The molecule has 5 heavy (non-hydrogen) atoms. The summed E-state index contributed by atoms with van der Waals surface area (Å²) in [5.41, 5.74) is 0. The van der Waals surface area contributed by atoms with Gasteiger partial charge in [-0.2, -0.15) is 0 Å². The van der Waals surface area contributed by atoms with E-state index in [1.165, 1.54) is 0 Å². The van der Waals surface area contributed by atoms with Gasteiger partial charge in [0.1, 0.15) is 0 Å². The Morgan fingerprint density at radius 2 is 1.60 bits per heavy atom. The van der Waals surface area contributed by atoms with Crippen LogP contribution in [-0.2, 0) is 0 Å². The molecule has 0 atom stereocenters. The zero-order valence-corrected chi connectivity index (χ0v) is 10.0. The van der Waals surface area contributed by atoms with Crippen molar-refractivity contribution in [3.63, 3.8) is 0 Å². The van der Waals surface area contributed by atoms with Gasteiger partial charge in [-0.1, -0.05) is 0 Å². The molecule has 0 saturated heterocycles. The number of rotatable bonds is 0. The molecule has 0 bridgehead atoms. The Hall–Kier alpha value is 2.41. The minimum absolute atomic E-state index is 1.80. The summed E-state index contributed by atoms with van der Waals surface area (Å²) in [6.07, 6.45) is 0. The third kappa shape index (κ3) is 21.5. The maximum absolute atomic E-state index is 11.8. The first-order valence-electron chi connectivity index (χ1n) is 0.756. The summed E-state index contributed by atoms with van der Waals surface area (Å²) in [7, 11) is 0. The van der Waals surface area contributed by atoms with Crippen molar-refractivity contribution >= 4 is 59.7 Å². The van der Waals surface area contributed by atoms with Crippen molar-refractivity contribution in [1.82, 2.24) is 0 Å². The van der Waals surface area contributed by atoms with Crippen LogP contribution in [0.25, 0.3) is 0 Å². The Labute approximate surface area is 62.0 Å². The van der Waals surface area contributed by atoms with Crippen LogP contribution in [0.1, 0.15) is 0 Å². The standard InChI is InChI=1S/BrFGeI2/c1-3(2,4)5. The first-order valence-corrected chi connectivity index (χ1v) is 19.3. The van der Waals surface area contributed by atoms with Gasteiger partial charge in [-0.25, -0.2) is 0 Å². The summed E-state index contributed by atoms with van der Waals surface area (Å²) in [5, 5.41) is -2.75.